The molecule has 1 saturated heterocycles. The molecule has 12 heteroatoms. The number of carbonyl (C=O) groups is 2. The average molecular weight is 578 g/mol. The van der Waals surface area contributed by atoms with Gasteiger partial charge in [-0.3, -0.25) is 14.4 Å². The van der Waals surface area contributed by atoms with E-state index in [4.69, 9.17) is 14.6 Å². The van der Waals surface area contributed by atoms with Gasteiger partial charge in [-0.05, 0) is 60.5 Å². The number of nitrogens with one attached hydrogen (secondary N) is 1. The maximum Gasteiger partial charge on any atom is 0.342 e. The summed E-state index contributed by atoms with van der Waals surface area (Å²) in [4.78, 5) is 38.0. The van der Waals surface area contributed by atoms with Crippen molar-refractivity contribution in [2.24, 2.45) is 0 Å². The molecular formula is C29H34F3N3O6. The fourth-order valence-electron chi connectivity index (χ4n) is 4.12. The number of aryl methyl sites for hydroxylation is 1. The number of aliphatic hydroxyl groups is 1. The quantitative estimate of drug-likeness (QED) is 0.443. The molecule has 0 bridgehead atoms. The molecule has 1 aromatic heterocycles. The van der Waals surface area contributed by atoms with Crippen molar-refractivity contribution in [3.8, 4) is 5.75 Å². The van der Waals surface area contributed by atoms with Crippen LogP contribution in [0, 0.1) is 12.7 Å². The van der Waals surface area contributed by atoms with Crippen LogP contribution >= 0.6 is 0 Å². The SMILES string of the molecule is CNC(=O)c1ccc(F)cc1.COCCn1ccc(C)c(N2CC(c3ccc(OC)cc3)CC2=O)c1=O.OC(F)F. The van der Waals surface area contributed by atoms with Crippen molar-refractivity contribution in [1.82, 2.24) is 9.88 Å². The fraction of sp³-hybridized carbons (Fsp3) is 0.345. The number of methoxy groups -OCH3 is 2. The van der Waals surface area contributed by atoms with Crippen LogP contribution in [0.25, 0.3) is 0 Å². The molecule has 0 spiro atoms. The Morgan fingerprint density at radius 2 is 1.68 bits per heavy atom. The van der Waals surface area contributed by atoms with Crippen molar-refractivity contribution in [1.29, 1.82) is 0 Å². The summed E-state index contributed by atoms with van der Waals surface area (Å²) >= 11 is 0. The van der Waals surface area contributed by atoms with Crippen LogP contribution in [0.2, 0.25) is 0 Å². The van der Waals surface area contributed by atoms with E-state index in [0.717, 1.165) is 16.9 Å². The number of ether oxygens (including phenoxy) is 2. The Morgan fingerprint density at radius 3 is 2.22 bits per heavy atom. The highest BCUT2D eigenvalue weighted by atomic mass is 19.3. The molecule has 0 aliphatic carbocycles. The Morgan fingerprint density at radius 1 is 1.07 bits per heavy atom. The molecule has 1 aliphatic rings. The summed E-state index contributed by atoms with van der Waals surface area (Å²) in [6.07, 6.45) is 2.15. The first-order valence-electron chi connectivity index (χ1n) is 12.6. The van der Waals surface area contributed by atoms with Crippen LogP contribution in [0.4, 0.5) is 18.9 Å². The van der Waals surface area contributed by atoms with E-state index in [2.05, 4.69) is 5.32 Å². The second-order valence-corrected chi connectivity index (χ2v) is 8.88. The zero-order valence-corrected chi connectivity index (χ0v) is 23.3. The first-order chi connectivity index (χ1) is 19.5. The summed E-state index contributed by atoms with van der Waals surface area (Å²) in [6, 6.07) is 15.0. The zero-order valence-electron chi connectivity index (χ0n) is 23.3. The molecule has 1 unspecified atom stereocenters. The van der Waals surface area contributed by atoms with Gasteiger partial charge in [-0.15, -0.1) is 0 Å². The largest absolute Gasteiger partial charge is 0.497 e. The lowest BCUT2D eigenvalue weighted by Gasteiger charge is -2.20. The second-order valence-electron chi connectivity index (χ2n) is 8.88. The van der Waals surface area contributed by atoms with Gasteiger partial charge in [-0.2, -0.15) is 8.78 Å². The average Bonchev–Trinajstić information content (AvgIpc) is 3.33. The molecule has 1 fully saturated rings. The molecule has 3 aromatic rings. The van der Waals surface area contributed by atoms with E-state index < -0.39 is 6.61 Å². The van der Waals surface area contributed by atoms with Gasteiger partial charge in [0, 0.05) is 51.3 Å². The Bertz CT molecular complexity index is 1330. The van der Waals surface area contributed by atoms with Crippen LogP contribution < -0.4 is 20.5 Å². The maximum atomic E-state index is 12.9. The van der Waals surface area contributed by atoms with E-state index in [-0.39, 0.29) is 29.1 Å². The third kappa shape index (κ3) is 9.76. The van der Waals surface area contributed by atoms with Gasteiger partial charge < -0.3 is 29.4 Å². The van der Waals surface area contributed by atoms with Crippen LogP contribution in [0.5, 0.6) is 5.75 Å². The summed E-state index contributed by atoms with van der Waals surface area (Å²) in [5, 5.41) is 9.16. The van der Waals surface area contributed by atoms with E-state index in [9.17, 15) is 27.6 Å². The number of aromatic nitrogens is 1. The summed E-state index contributed by atoms with van der Waals surface area (Å²) in [5.41, 5.74) is 2.69. The van der Waals surface area contributed by atoms with E-state index in [0.29, 0.717) is 37.4 Å². The summed E-state index contributed by atoms with van der Waals surface area (Å²) < 4.78 is 43.9. The van der Waals surface area contributed by atoms with E-state index in [1.165, 1.54) is 31.3 Å². The number of nitrogens with zero attached hydrogens (tertiary/aromatic N) is 2. The van der Waals surface area contributed by atoms with Crippen LogP contribution in [-0.4, -0.2) is 62.5 Å². The van der Waals surface area contributed by atoms with Gasteiger partial charge >= 0.3 is 6.61 Å². The molecule has 41 heavy (non-hydrogen) atoms. The Kier molecular flexibility index (Phi) is 13.0. The minimum Gasteiger partial charge on any atom is -0.497 e. The van der Waals surface area contributed by atoms with Gasteiger partial charge in [0.05, 0.1) is 13.7 Å². The second kappa shape index (κ2) is 16.2. The first-order valence-corrected chi connectivity index (χ1v) is 12.6. The third-order valence-electron chi connectivity index (χ3n) is 6.19. The normalized spacial score (nSPS) is 14.1. The Labute approximate surface area is 236 Å². The number of halogens is 3. The Balaban J connectivity index is 0.000000324. The lowest BCUT2D eigenvalue weighted by Crippen LogP contribution is -2.34. The first kappa shape index (κ1) is 33.0. The highest BCUT2D eigenvalue weighted by Crippen LogP contribution is 2.32. The standard InChI is InChI=1S/C20H24N2O4.C8H8FNO.CH2F2O/c1-14-8-9-21(10-11-25-2)20(24)19(14)22-13-16(12-18(22)23)15-4-6-17(26-3)7-5-15;1-10-8(11)6-2-4-7(9)5-3-6;2-1(3)4/h4-9,16H,10-13H2,1-3H3;2-5H,1H3,(H,10,11);1,4H. The van der Waals surface area contributed by atoms with E-state index >= 15 is 0 Å². The number of aliphatic hydroxyl groups excluding tert-OH is 1. The highest BCUT2D eigenvalue weighted by molar-refractivity contribution is 5.97. The molecule has 222 valence electrons. The molecule has 2 N–H and O–H groups in total. The minimum absolute atomic E-state index is 0.0180. The number of carbonyl (C=O) groups excluding carboxylic acids is 2. The summed E-state index contributed by atoms with van der Waals surface area (Å²) in [6.45, 7) is 0.123. The molecule has 0 radical (unpaired) electrons. The molecule has 0 saturated carbocycles. The maximum absolute atomic E-state index is 12.9. The van der Waals surface area contributed by atoms with Crippen molar-refractivity contribution >= 4 is 17.5 Å². The topological polar surface area (TPSA) is 110 Å². The van der Waals surface area contributed by atoms with Crippen LogP contribution in [0.15, 0.2) is 65.6 Å². The van der Waals surface area contributed by atoms with Crippen molar-refractivity contribution in [3.63, 3.8) is 0 Å². The molecule has 1 atom stereocenters. The smallest absolute Gasteiger partial charge is 0.342 e. The number of rotatable bonds is 7. The van der Waals surface area contributed by atoms with Crippen molar-refractivity contribution in [2.45, 2.75) is 32.4 Å². The number of hydrogen-bond donors (Lipinski definition) is 2. The van der Waals surface area contributed by atoms with E-state index in [1.54, 1.807) is 29.9 Å². The molecule has 2 amide bonds. The van der Waals surface area contributed by atoms with Crippen LogP contribution in [-0.2, 0) is 16.1 Å². The van der Waals surface area contributed by atoms with Gasteiger partial charge in [-0.25, -0.2) is 4.39 Å². The zero-order chi connectivity index (χ0) is 30.5. The molecule has 1 aliphatic heterocycles. The number of amides is 2. The number of pyridine rings is 1. The molecule has 4 rings (SSSR count). The lowest BCUT2D eigenvalue weighted by atomic mass is 9.98. The Hall–Kier alpha value is -4.16. The van der Waals surface area contributed by atoms with Gasteiger partial charge in [-0.1, -0.05) is 12.1 Å². The predicted molar refractivity (Wildman–Crippen MR) is 148 cm³/mol. The number of hydrogen-bond acceptors (Lipinski definition) is 6. The summed E-state index contributed by atoms with van der Waals surface area (Å²) in [7, 11) is 4.76. The number of benzene rings is 2. The lowest BCUT2D eigenvalue weighted by molar-refractivity contribution is -0.117. The van der Waals surface area contributed by atoms with Gasteiger partial charge in [0.25, 0.3) is 11.5 Å². The monoisotopic (exact) mass is 577 g/mol. The van der Waals surface area contributed by atoms with Crippen molar-refractivity contribution < 1.29 is 37.3 Å². The predicted octanol–water partition coefficient (Wildman–Crippen LogP) is 3.72. The van der Waals surface area contributed by atoms with Gasteiger partial charge in [0.1, 0.15) is 17.3 Å². The van der Waals surface area contributed by atoms with Crippen molar-refractivity contribution in [2.75, 3.05) is 39.3 Å². The number of anilines is 1. The minimum atomic E-state index is -3.17. The number of alkyl halides is 2. The third-order valence-corrected chi connectivity index (χ3v) is 6.19. The van der Waals surface area contributed by atoms with Crippen LogP contribution in [0.1, 0.15) is 33.8 Å². The summed E-state index contributed by atoms with van der Waals surface area (Å²) in [5.74, 6) is 0.299. The molecule has 2 heterocycles. The van der Waals surface area contributed by atoms with E-state index in [1.807, 2.05) is 37.3 Å². The van der Waals surface area contributed by atoms with Gasteiger partial charge in [0.15, 0.2) is 0 Å². The van der Waals surface area contributed by atoms with Crippen molar-refractivity contribution in [3.05, 3.63) is 93.7 Å². The molecular weight excluding hydrogens is 543 g/mol. The molecule has 2 aromatic carbocycles. The fourth-order valence-corrected chi connectivity index (χ4v) is 4.12. The van der Waals surface area contributed by atoms with Gasteiger partial charge in [0.2, 0.25) is 5.91 Å². The van der Waals surface area contributed by atoms with Crippen LogP contribution in [0.3, 0.4) is 0 Å². The molecule has 9 nitrogen and oxygen atoms in total. The highest BCUT2D eigenvalue weighted by Gasteiger charge is 2.34.